The Morgan fingerprint density at radius 2 is 1.73 bits per heavy atom. The fourth-order valence-electron chi connectivity index (χ4n) is 5.70. The van der Waals surface area contributed by atoms with Gasteiger partial charge in [0.15, 0.2) is 6.29 Å². The second-order valence-corrected chi connectivity index (χ2v) is 11.4. The highest BCUT2D eigenvalue weighted by Gasteiger charge is 2.41. The van der Waals surface area contributed by atoms with Crippen molar-refractivity contribution in [3.05, 3.63) is 100 Å². The first-order chi connectivity index (χ1) is 19.2. The average molecular weight is 565 g/mol. The third-order valence-corrected chi connectivity index (χ3v) is 8.36. The summed E-state index contributed by atoms with van der Waals surface area (Å²) in [6, 6.07) is 22.9. The molecule has 212 valence electrons. The van der Waals surface area contributed by atoms with Gasteiger partial charge in [-0.3, -0.25) is 4.79 Å². The zero-order chi connectivity index (χ0) is 28.3. The second-order valence-electron chi connectivity index (χ2n) is 11.0. The second kappa shape index (κ2) is 12.4. The number of halogens is 1. The Balaban J connectivity index is 1.34. The summed E-state index contributed by atoms with van der Waals surface area (Å²) in [7, 11) is 0. The molecule has 1 amide bonds. The molecule has 8 heteroatoms. The molecule has 3 N–H and O–H groups in total. The molecule has 7 nitrogen and oxygen atoms in total. The van der Waals surface area contributed by atoms with E-state index in [4.69, 9.17) is 21.1 Å². The van der Waals surface area contributed by atoms with Crippen LogP contribution in [0.2, 0.25) is 5.02 Å². The number of piperidine rings is 1. The summed E-state index contributed by atoms with van der Waals surface area (Å²) in [5.41, 5.74) is 3.42. The predicted octanol–water partition coefficient (Wildman–Crippen LogP) is 5.57. The minimum Gasteiger partial charge on any atom is -0.392 e. The Morgan fingerprint density at radius 3 is 2.38 bits per heavy atom. The van der Waals surface area contributed by atoms with E-state index in [9.17, 15) is 15.0 Å². The maximum absolute atomic E-state index is 11.6. The maximum Gasteiger partial charge on any atom is 0.221 e. The third kappa shape index (κ3) is 6.57. The van der Waals surface area contributed by atoms with Crippen LogP contribution in [-0.4, -0.2) is 46.8 Å². The number of likely N-dealkylation sites (tertiary alicyclic amines) is 1. The lowest BCUT2D eigenvalue weighted by Gasteiger charge is -2.45. The van der Waals surface area contributed by atoms with Crippen molar-refractivity contribution in [3.8, 4) is 0 Å². The van der Waals surface area contributed by atoms with Crippen molar-refractivity contribution in [2.45, 2.75) is 57.4 Å². The Kier molecular flexibility index (Phi) is 8.90. The Labute approximate surface area is 240 Å². The number of anilines is 1. The van der Waals surface area contributed by atoms with Crippen LogP contribution in [0.4, 0.5) is 5.69 Å². The van der Waals surface area contributed by atoms with Gasteiger partial charge in [0, 0.05) is 48.7 Å². The van der Waals surface area contributed by atoms with Gasteiger partial charge in [0.2, 0.25) is 5.91 Å². The number of carbonyl (C=O) groups is 1. The number of hydrogen-bond donors (Lipinski definition) is 3. The number of aliphatic hydroxyl groups is 2. The van der Waals surface area contributed by atoms with Gasteiger partial charge in [-0.1, -0.05) is 67.1 Å². The largest absolute Gasteiger partial charge is 0.392 e. The van der Waals surface area contributed by atoms with Crippen molar-refractivity contribution < 1.29 is 24.5 Å². The summed E-state index contributed by atoms with van der Waals surface area (Å²) in [5.74, 6) is -0.0912. The van der Waals surface area contributed by atoms with Crippen LogP contribution in [0.3, 0.4) is 0 Å². The molecule has 0 aliphatic carbocycles. The summed E-state index contributed by atoms with van der Waals surface area (Å²) in [6.07, 6.45) is 0.276. The van der Waals surface area contributed by atoms with Crippen LogP contribution in [0, 0.1) is 5.92 Å². The number of benzene rings is 3. The molecule has 2 fully saturated rings. The van der Waals surface area contributed by atoms with Crippen molar-refractivity contribution >= 4 is 23.2 Å². The number of nitrogens with one attached hydrogen (secondary N) is 1. The fraction of sp³-hybridized carbons (Fsp3) is 0.406. The molecule has 4 atom stereocenters. The van der Waals surface area contributed by atoms with E-state index in [0.29, 0.717) is 30.1 Å². The standard InChI is InChI=1S/C32H37ClN2O5/c1-21-29(19-35-16-14-32(38,15-17-35)26-10-12-27(33)13-11-26)39-31(25-4-3-5-28(18-25)34-22(2)37)40-30(21)24-8-6-23(20-36)7-9-24/h3-13,18,21,29-31,36,38H,14-17,19-20H2,1-2H3,(H,34,37). The fourth-order valence-corrected chi connectivity index (χ4v) is 5.83. The van der Waals surface area contributed by atoms with E-state index in [2.05, 4.69) is 17.1 Å². The maximum atomic E-state index is 11.6. The van der Waals surface area contributed by atoms with E-state index in [1.807, 2.05) is 72.8 Å². The number of hydrogen-bond acceptors (Lipinski definition) is 6. The highest BCUT2D eigenvalue weighted by Crippen LogP contribution is 2.43. The first-order valence-electron chi connectivity index (χ1n) is 13.8. The number of nitrogens with zero attached hydrogens (tertiary/aromatic N) is 1. The van der Waals surface area contributed by atoms with Crippen LogP contribution in [0.25, 0.3) is 0 Å². The van der Waals surface area contributed by atoms with Crippen LogP contribution in [0.15, 0.2) is 72.8 Å². The Morgan fingerprint density at radius 1 is 1.02 bits per heavy atom. The van der Waals surface area contributed by atoms with Crippen molar-refractivity contribution in [3.63, 3.8) is 0 Å². The molecular formula is C32H37ClN2O5. The van der Waals surface area contributed by atoms with Crippen LogP contribution in [0.5, 0.6) is 0 Å². The minimum atomic E-state index is -0.868. The van der Waals surface area contributed by atoms with Gasteiger partial charge in [0.05, 0.1) is 24.4 Å². The Bertz CT molecular complexity index is 1290. The summed E-state index contributed by atoms with van der Waals surface area (Å²) >= 11 is 6.06. The number of carbonyl (C=O) groups excluding carboxylic acids is 1. The molecule has 4 unspecified atom stereocenters. The molecule has 5 rings (SSSR count). The van der Waals surface area contributed by atoms with Crippen molar-refractivity contribution in [1.82, 2.24) is 4.90 Å². The van der Waals surface area contributed by atoms with E-state index in [1.54, 1.807) is 0 Å². The van der Waals surface area contributed by atoms with E-state index < -0.39 is 11.9 Å². The normalized spacial score (nSPS) is 24.9. The van der Waals surface area contributed by atoms with Crippen LogP contribution in [0.1, 0.15) is 61.3 Å². The molecule has 0 bridgehead atoms. The first kappa shape index (κ1) is 28.7. The van der Waals surface area contributed by atoms with Gasteiger partial charge in [-0.15, -0.1) is 0 Å². The summed E-state index contributed by atoms with van der Waals surface area (Å²) in [4.78, 5) is 14.0. The highest BCUT2D eigenvalue weighted by molar-refractivity contribution is 6.30. The minimum absolute atomic E-state index is 0.0109. The average Bonchev–Trinajstić information content (AvgIpc) is 2.95. The predicted molar refractivity (Wildman–Crippen MR) is 155 cm³/mol. The van der Waals surface area contributed by atoms with Gasteiger partial charge >= 0.3 is 0 Å². The monoisotopic (exact) mass is 564 g/mol. The van der Waals surface area contributed by atoms with Gasteiger partial charge in [-0.2, -0.15) is 0 Å². The van der Waals surface area contributed by atoms with Gasteiger partial charge in [0.25, 0.3) is 0 Å². The zero-order valence-corrected chi connectivity index (χ0v) is 23.7. The molecule has 2 heterocycles. The number of aliphatic hydroxyl groups excluding tert-OH is 1. The molecule has 2 aliphatic rings. The molecule has 0 aromatic heterocycles. The molecule has 0 radical (unpaired) electrons. The van der Waals surface area contributed by atoms with Crippen molar-refractivity contribution in [2.24, 2.45) is 5.92 Å². The summed E-state index contributed by atoms with van der Waals surface area (Å²) in [5, 5.41) is 24.4. The lowest BCUT2D eigenvalue weighted by molar-refractivity contribution is -0.277. The van der Waals surface area contributed by atoms with E-state index in [1.165, 1.54) is 6.92 Å². The molecule has 0 saturated carbocycles. The van der Waals surface area contributed by atoms with Crippen LogP contribution >= 0.6 is 11.6 Å². The first-order valence-corrected chi connectivity index (χ1v) is 14.2. The van der Waals surface area contributed by atoms with E-state index in [0.717, 1.165) is 35.3 Å². The number of ether oxygens (including phenoxy) is 2. The quantitative estimate of drug-likeness (QED) is 0.348. The molecule has 2 aliphatic heterocycles. The van der Waals surface area contributed by atoms with Crippen LogP contribution < -0.4 is 5.32 Å². The van der Waals surface area contributed by atoms with Gasteiger partial charge < -0.3 is 29.9 Å². The molecule has 2 saturated heterocycles. The van der Waals surface area contributed by atoms with Gasteiger partial charge in [0.1, 0.15) is 0 Å². The summed E-state index contributed by atoms with van der Waals surface area (Å²) < 4.78 is 13.2. The van der Waals surface area contributed by atoms with Crippen LogP contribution in [-0.2, 0) is 26.5 Å². The molecule has 3 aromatic rings. The molecule has 0 spiro atoms. The molecular weight excluding hydrogens is 528 g/mol. The highest BCUT2D eigenvalue weighted by atomic mass is 35.5. The van der Waals surface area contributed by atoms with Gasteiger partial charge in [-0.25, -0.2) is 0 Å². The number of amides is 1. The number of rotatable bonds is 7. The smallest absolute Gasteiger partial charge is 0.221 e. The lowest BCUT2D eigenvalue weighted by Crippen LogP contribution is -2.49. The zero-order valence-electron chi connectivity index (χ0n) is 22.9. The third-order valence-electron chi connectivity index (χ3n) is 8.11. The van der Waals surface area contributed by atoms with Crippen molar-refractivity contribution in [1.29, 1.82) is 0 Å². The SMILES string of the molecule is CC(=O)Nc1cccc(C2OC(CN3CCC(O)(c4ccc(Cl)cc4)CC3)C(C)C(c3ccc(CO)cc3)O2)c1. The molecule has 3 aromatic carbocycles. The van der Waals surface area contributed by atoms with E-state index >= 15 is 0 Å². The van der Waals surface area contributed by atoms with Crippen molar-refractivity contribution in [2.75, 3.05) is 25.0 Å². The molecule has 40 heavy (non-hydrogen) atoms. The van der Waals surface area contributed by atoms with E-state index in [-0.39, 0.29) is 30.6 Å². The topological polar surface area (TPSA) is 91.3 Å². The lowest BCUT2D eigenvalue weighted by atomic mass is 9.84. The Hall–Kier alpha value is -2.78. The summed E-state index contributed by atoms with van der Waals surface area (Å²) in [6.45, 7) is 5.80. The van der Waals surface area contributed by atoms with Gasteiger partial charge in [-0.05, 0) is 53.8 Å².